The molecule has 0 fully saturated rings. The smallest absolute Gasteiger partial charge is 0.321 e. The maximum absolute atomic E-state index is 10.8. The van der Waals surface area contributed by atoms with E-state index in [9.17, 15) is 9.59 Å². The van der Waals surface area contributed by atoms with Gasteiger partial charge < -0.3 is 32.6 Å². The first-order valence-electron chi connectivity index (χ1n) is 5.25. The average Bonchev–Trinajstić information content (AvgIpc) is 2.24. The molecule has 0 aromatic heterocycles. The van der Waals surface area contributed by atoms with Crippen LogP contribution in [0.3, 0.4) is 0 Å². The van der Waals surface area contributed by atoms with Crippen LogP contribution in [0, 0.1) is 0 Å². The van der Waals surface area contributed by atoms with Crippen molar-refractivity contribution >= 4 is 33.5 Å². The van der Waals surface area contributed by atoms with Gasteiger partial charge in [-0.1, -0.05) is 21.6 Å². The van der Waals surface area contributed by atoms with E-state index in [1.807, 2.05) is 0 Å². The summed E-state index contributed by atoms with van der Waals surface area (Å²) < 4.78 is -1.46. The molecule has 0 heterocycles. The van der Waals surface area contributed by atoms with E-state index in [-0.39, 0.29) is 11.0 Å². The summed E-state index contributed by atoms with van der Waals surface area (Å²) in [6.07, 6.45) is 0. The van der Waals surface area contributed by atoms with Gasteiger partial charge in [-0.3, -0.25) is 9.59 Å². The summed E-state index contributed by atoms with van der Waals surface area (Å²) in [5.41, 5.74) is 11.2. The lowest BCUT2D eigenvalue weighted by atomic mass is 10.1. The van der Waals surface area contributed by atoms with Gasteiger partial charge in [0.15, 0.2) is 0 Å². The first kappa shape index (κ1) is 24.5. The summed E-state index contributed by atoms with van der Waals surface area (Å²) >= 11 is 0. The topological polar surface area (TPSA) is 190 Å². The second kappa shape index (κ2) is 8.70. The van der Waals surface area contributed by atoms with Crippen LogP contribution in [0.4, 0.5) is 0 Å². The lowest BCUT2D eigenvalue weighted by molar-refractivity contribution is -0.140. The maximum Gasteiger partial charge on any atom is 0.321 e. The van der Waals surface area contributed by atoms with Crippen molar-refractivity contribution in [2.45, 2.75) is 49.3 Å². The minimum atomic E-state index is -1.09. The van der Waals surface area contributed by atoms with Gasteiger partial charge in [-0.15, -0.1) is 0 Å². The number of nitrogens with two attached hydrogens (primary N) is 2. The summed E-state index contributed by atoms with van der Waals surface area (Å²) in [5, 5.41) is 17.8. The van der Waals surface area contributed by atoms with E-state index >= 15 is 0 Å². The monoisotopic (exact) mass is 332 g/mol. The molecule has 2 atom stereocenters. The lowest BCUT2D eigenvalue weighted by Gasteiger charge is -2.33. The molecule has 0 aromatic carbocycles. The Morgan fingerprint density at radius 3 is 1.20 bits per heavy atom. The predicted molar refractivity (Wildman–Crippen MR) is 81.8 cm³/mol. The van der Waals surface area contributed by atoms with Crippen LogP contribution in [0.25, 0.3) is 0 Å². The fraction of sp³-hybridized carbons (Fsp3) is 0.800. The van der Waals surface area contributed by atoms with E-state index in [4.69, 9.17) is 21.7 Å². The van der Waals surface area contributed by atoms with Gasteiger partial charge >= 0.3 is 11.9 Å². The van der Waals surface area contributed by atoms with Crippen LogP contribution < -0.4 is 11.5 Å². The van der Waals surface area contributed by atoms with E-state index in [0.717, 1.165) is 0 Å². The van der Waals surface area contributed by atoms with Crippen LogP contribution in [-0.4, -0.2) is 54.7 Å². The van der Waals surface area contributed by atoms with E-state index in [1.165, 1.54) is 21.6 Å². The van der Waals surface area contributed by atoms with Crippen molar-refractivity contribution in [1.29, 1.82) is 0 Å². The Labute approximate surface area is 125 Å². The molecule has 0 unspecified atom stereocenters. The summed E-state index contributed by atoms with van der Waals surface area (Å²) in [6, 6.07) is -2.07. The second-order valence-electron chi connectivity index (χ2n) is 5.01. The Morgan fingerprint density at radius 2 is 1.05 bits per heavy atom. The number of hydrogen-bond donors (Lipinski definition) is 4. The molecule has 0 rings (SSSR count). The molecule has 122 valence electrons. The summed E-state index contributed by atoms with van der Waals surface area (Å²) in [4.78, 5) is 21.7. The number of aliphatic carboxylic acids is 2. The van der Waals surface area contributed by atoms with Crippen LogP contribution in [0.15, 0.2) is 0 Å². The third-order valence-corrected chi connectivity index (χ3v) is 6.78. The van der Waals surface area contributed by atoms with Crippen LogP contribution in [0.5, 0.6) is 0 Å². The molecular formula is C10H24N2O6S2. The van der Waals surface area contributed by atoms with Crippen molar-refractivity contribution in [1.82, 2.24) is 0 Å². The van der Waals surface area contributed by atoms with Gasteiger partial charge in [0.25, 0.3) is 0 Å². The third kappa shape index (κ3) is 6.77. The van der Waals surface area contributed by atoms with E-state index in [1.54, 1.807) is 27.7 Å². The van der Waals surface area contributed by atoms with Gasteiger partial charge in [-0.2, -0.15) is 0 Å². The van der Waals surface area contributed by atoms with E-state index in [0.29, 0.717) is 0 Å². The highest BCUT2D eigenvalue weighted by atomic mass is 33.1. The van der Waals surface area contributed by atoms with E-state index in [2.05, 4.69) is 0 Å². The number of hydrogen-bond acceptors (Lipinski definition) is 6. The Balaban J connectivity index is -0.00000144. The second-order valence-corrected chi connectivity index (χ2v) is 8.44. The zero-order chi connectivity index (χ0) is 14.7. The highest BCUT2D eigenvalue weighted by Crippen LogP contribution is 2.45. The largest absolute Gasteiger partial charge is 0.480 e. The minimum absolute atomic E-state index is 0. The van der Waals surface area contributed by atoms with Crippen molar-refractivity contribution in [3.05, 3.63) is 0 Å². The highest BCUT2D eigenvalue weighted by molar-refractivity contribution is 8.77. The van der Waals surface area contributed by atoms with Crippen LogP contribution in [-0.2, 0) is 9.59 Å². The minimum Gasteiger partial charge on any atom is -0.480 e. The molecule has 0 saturated carbocycles. The van der Waals surface area contributed by atoms with Crippen molar-refractivity contribution in [3.63, 3.8) is 0 Å². The molecule has 0 aliphatic rings. The number of carboxylic acid groups (broad SMARTS) is 2. The van der Waals surface area contributed by atoms with Crippen molar-refractivity contribution in [2.24, 2.45) is 11.5 Å². The number of carbonyl (C=O) groups is 2. The molecule has 0 aliphatic carbocycles. The van der Waals surface area contributed by atoms with Crippen LogP contribution in [0.2, 0.25) is 0 Å². The SMILES string of the molecule is CC(C)(SSC(C)(C)[C@@H](N)C(=O)O)[C@@H](N)C(=O)O.O.O. The summed E-state index contributed by atoms with van der Waals surface area (Å²) in [7, 11) is 2.47. The number of carboxylic acids is 2. The zero-order valence-electron chi connectivity index (χ0n) is 11.8. The van der Waals surface area contributed by atoms with Gasteiger partial charge in [0.05, 0.1) is 0 Å². The number of rotatable bonds is 7. The molecule has 0 radical (unpaired) electrons. The fourth-order valence-electron chi connectivity index (χ4n) is 0.913. The first-order chi connectivity index (χ1) is 7.92. The van der Waals surface area contributed by atoms with Crippen molar-refractivity contribution in [2.75, 3.05) is 0 Å². The van der Waals surface area contributed by atoms with Crippen molar-refractivity contribution in [3.8, 4) is 0 Å². The zero-order valence-corrected chi connectivity index (χ0v) is 13.5. The average molecular weight is 332 g/mol. The molecular weight excluding hydrogens is 308 g/mol. The van der Waals surface area contributed by atoms with Crippen LogP contribution >= 0.6 is 21.6 Å². The molecule has 20 heavy (non-hydrogen) atoms. The highest BCUT2D eigenvalue weighted by Gasteiger charge is 2.39. The molecule has 0 bridgehead atoms. The first-order valence-corrected chi connectivity index (χ1v) is 7.40. The molecule has 0 aromatic rings. The Bertz CT molecular complexity index is 306. The summed E-state index contributed by atoms with van der Waals surface area (Å²) in [5.74, 6) is -2.18. The predicted octanol–water partition coefficient (Wildman–Crippen LogP) is -0.901. The van der Waals surface area contributed by atoms with Gasteiger partial charge in [0.2, 0.25) is 0 Å². The Hall–Kier alpha value is -0.520. The lowest BCUT2D eigenvalue weighted by Crippen LogP contribution is -2.49. The molecule has 0 spiro atoms. The molecule has 10 heteroatoms. The maximum atomic E-state index is 10.8. The quantitative estimate of drug-likeness (QED) is 0.431. The Kier molecular flexibility index (Phi) is 10.7. The van der Waals surface area contributed by atoms with Crippen LogP contribution in [0.1, 0.15) is 27.7 Å². The molecule has 8 nitrogen and oxygen atoms in total. The van der Waals surface area contributed by atoms with Gasteiger partial charge in [-0.05, 0) is 27.7 Å². The standard InChI is InChI=1S/C10H20N2O4S2.2H2O/c1-9(2,5(11)7(13)14)17-18-10(3,4)6(12)8(15)16;;/h5-6H,11-12H2,1-4H3,(H,13,14)(H,15,16);2*1H2/t5-,6-;;/m0../s1. The Morgan fingerprint density at radius 1 is 0.850 bits per heavy atom. The van der Waals surface area contributed by atoms with Gasteiger partial charge in [-0.25, -0.2) is 0 Å². The summed E-state index contributed by atoms with van der Waals surface area (Å²) in [6.45, 7) is 6.80. The van der Waals surface area contributed by atoms with Gasteiger partial charge in [0.1, 0.15) is 12.1 Å². The molecule has 10 N–H and O–H groups in total. The molecule has 0 saturated heterocycles. The fourth-order valence-corrected chi connectivity index (χ4v) is 3.66. The third-order valence-electron chi connectivity index (χ3n) is 2.50. The normalized spacial score (nSPS) is 14.5. The molecule has 0 amide bonds. The van der Waals surface area contributed by atoms with E-state index < -0.39 is 33.5 Å². The van der Waals surface area contributed by atoms with Gasteiger partial charge in [0, 0.05) is 9.49 Å². The van der Waals surface area contributed by atoms with Crippen molar-refractivity contribution < 1.29 is 30.8 Å². The molecule has 0 aliphatic heterocycles.